The van der Waals surface area contributed by atoms with Crippen LogP contribution < -0.4 is 14.2 Å². The number of rotatable bonds is 10. The van der Waals surface area contributed by atoms with Crippen LogP contribution in [-0.2, 0) is 22.7 Å². The van der Waals surface area contributed by atoms with Crippen molar-refractivity contribution in [1.82, 2.24) is 15.0 Å². The molecule has 3 heterocycles. The normalized spacial score (nSPS) is 16.7. The van der Waals surface area contributed by atoms with Crippen molar-refractivity contribution in [3.05, 3.63) is 89.1 Å². The van der Waals surface area contributed by atoms with E-state index >= 15 is 0 Å². The Labute approximate surface area is 278 Å². The number of ether oxygens (including phenoxy) is 5. The number of piperidine rings is 1. The number of likely N-dealkylation sites (tertiary alicyclic amines) is 1. The summed E-state index contributed by atoms with van der Waals surface area (Å²) < 4.78 is 35.3. The van der Waals surface area contributed by atoms with Gasteiger partial charge in [0.15, 0.2) is 6.61 Å². The zero-order chi connectivity index (χ0) is 33.0. The molecule has 1 fully saturated rings. The summed E-state index contributed by atoms with van der Waals surface area (Å²) in [6.07, 6.45) is 0.0521. The maximum atomic E-state index is 13.1. The second-order valence-corrected chi connectivity index (χ2v) is 13.3. The van der Waals surface area contributed by atoms with Gasteiger partial charge in [0.05, 0.1) is 38.4 Å². The number of nitrogens with zero attached hydrogens (tertiary/aromatic N) is 3. The van der Waals surface area contributed by atoms with Crippen LogP contribution in [0.2, 0.25) is 0 Å². The molecule has 10 nitrogen and oxygen atoms in total. The van der Waals surface area contributed by atoms with Gasteiger partial charge in [-0.3, -0.25) is 0 Å². The van der Waals surface area contributed by atoms with Gasteiger partial charge in [-0.25, -0.2) is 4.79 Å². The van der Waals surface area contributed by atoms with Crippen LogP contribution in [0.4, 0.5) is 4.79 Å². The van der Waals surface area contributed by atoms with Crippen molar-refractivity contribution in [2.45, 2.75) is 58.0 Å². The molecular formula is C36H39N3O7S. The minimum Gasteiger partial charge on any atom is -0.496 e. The molecule has 0 saturated carbocycles. The number of hydrogen-bond acceptors (Lipinski definition) is 10. The number of benzene rings is 3. The third-order valence-electron chi connectivity index (χ3n) is 8.00. The highest BCUT2D eigenvalue weighted by molar-refractivity contribution is 7.13. The Morgan fingerprint density at radius 2 is 1.79 bits per heavy atom. The molecule has 5 aromatic rings. The van der Waals surface area contributed by atoms with Gasteiger partial charge in [-0.1, -0.05) is 47.6 Å². The maximum absolute atomic E-state index is 13.1. The molecule has 6 rings (SSSR count). The molecule has 246 valence electrons. The molecule has 1 aliphatic heterocycles. The second-order valence-electron chi connectivity index (χ2n) is 12.3. The summed E-state index contributed by atoms with van der Waals surface area (Å²) in [6.45, 7) is 6.98. The van der Waals surface area contributed by atoms with Gasteiger partial charge in [-0.05, 0) is 62.4 Å². The summed E-state index contributed by atoms with van der Waals surface area (Å²) in [6, 6.07) is 21.8. The Morgan fingerprint density at radius 1 is 1.00 bits per heavy atom. The van der Waals surface area contributed by atoms with Crippen molar-refractivity contribution >= 4 is 28.2 Å². The Hall–Kier alpha value is -4.61. The van der Waals surface area contributed by atoms with Crippen LogP contribution in [0, 0.1) is 0 Å². The van der Waals surface area contributed by atoms with Gasteiger partial charge in [-0.15, -0.1) is 11.3 Å². The molecule has 47 heavy (non-hydrogen) atoms. The van der Waals surface area contributed by atoms with Gasteiger partial charge in [0.2, 0.25) is 5.82 Å². The SMILES string of the molecule is COc1cc(COC2CN(C(=O)OC(C)(C)C)CCC2c2ccc(OCc3nc(-c4cccs4)no3)cc2)c(OC)c2ccccc12. The number of fused-ring (bicyclic) bond motifs is 1. The summed E-state index contributed by atoms with van der Waals surface area (Å²) in [5.41, 5.74) is 1.36. The summed E-state index contributed by atoms with van der Waals surface area (Å²) >= 11 is 1.55. The number of hydrogen-bond donors (Lipinski definition) is 0. The number of carbonyl (C=O) groups excluding carboxylic acids is 1. The lowest BCUT2D eigenvalue weighted by molar-refractivity contribution is -0.0363. The fourth-order valence-electron chi connectivity index (χ4n) is 5.82. The van der Waals surface area contributed by atoms with Gasteiger partial charge in [-0.2, -0.15) is 4.98 Å². The van der Waals surface area contributed by atoms with E-state index in [-0.39, 0.29) is 31.3 Å². The third kappa shape index (κ3) is 7.52. The summed E-state index contributed by atoms with van der Waals surface area (Å²) in [4.78, 5) is 20.2. The number of methoxy groups -OCH3 is 2. The monoisotopic (exact) mass is 657 g/mol. The highest BCUT2D eigenvalue weighted by Gasteiger charge is 2.35. The Balaban J connectivity index is 1.19. The minimum absolute atomic E-state index is 0.0281. The fraction of sp³-hybridized carbons (Fsp3) is 0.361. The molecular weight excluding hydrogens is 618 g/mol. The van der Waals surface area contributed by atoms with Crippen LogP contribution in [0.1, 0.15) is 50.1 Å². The molecule has 0 N–H and O–H groups in total. The van der Waals surface area contributed by atoms with E-state index in [4.69, 9.17) is 28.2 Å². The molecule has 11 heteroatoms. The van der Waals surface area contributed by atoms with Crippen LogP contribution in [-0.4, -0.2) is 60.1 Å². The molecule has 1 amide bonds. The summed E-state index contributed by atoms with van der Waals surface area (Å²) in [5.74, 6) is 3.15. The number of aromatic nitrogens is 2. The summed E-state index contributed by atoms with van der Waals surface area (Å²) in [5, 5.41) is 7.93. The molecule has 0 radical (unpaired) electrons. The number of thiophene rings is 1. The van der Waals surface area contributed by atoms with Crippen molar-refractivity contribution in [3.63, 3.8) is 0 Å². The molecule has 1 saturated heterocycles. The lowest BCUT2D eigenvalue weighted by Crippen LogP contribution is -2.48. The lowest BCUT2D eigenvalue weighted by Gasteiger charge is -2.39. The first kappa shape index (κ1) is 32.3. The molecule has 1 aliphatic rings. The average Bonchev–Trinajstić information content (AvgIpc) is 3.78. The van der Waals surface area contributed by atoms with Gasteiger partial charge in [0.1, 0.15) is 22.8 Å². The third-order valence-corrected chi connectivity index (χ3v) is 8.87. The van der Waals surface area contributed by atoms with Crippen molar-refractivity contribution < 1.29 is 33.0 Å². The van der Waals surface area contributed by atoms with Crippen LogP contribution in [0.25, 0.3) is 21.5 Å². The van der Waals surface area contributed by atoms with E-state index in [1.54, 1.807) is 30.5 Å². The van der Waals surface area contributed by atoms with Crippen molar-refractivity contribution in [2.75, 3.05) is 27.3 Å². The first-order valence-corrected chi connectivity index (χ1v) is 16.4. The smallest absolute Gasteiger partial charge is 0.410 e. The zero-order valence-electron chi connectivity index (χ0n) is 27.2. The lowest BCUT2D eigenvalue weighted by atomic mass is 9.87. The molecule has 0 bridgehead atoms. The predicted molar refractivity (Wildman–Crippen MR) is 179 cm³/mol. The number of carbonyl (C=O) groups is 1. The maximum Gasteiger partial charge on any atom is 0.410 e. The molecule has 2 atom stereocenters. The van der Waals surface area contributed by atoms with Gasteiger partial charge in [0.25, 0.3) is 5.89 Å². The second kappa shape index (κ2) is 14.0. The van der Waals surface area contributed by atoms with Gasteiger partial charge in [0, 0.05) is 28.8 Å². The van der Waals surface area contributed by atoms with Crippen LogP contribution in [0.15, 0.2) is 76.6 Å². The first-order valence-electron chi connectivity index (χ1n) is 15.5. The largest absolute Gasteiger partial charge is 0.496 e. The molecule has 2 aromatic heterocycles. The van der Waals surface area contributed by atoms with E-state index in [9.17, 15) is 4.79 Å². The standard InChI is InChI=1S/C36H39N3O7S/c1-36(2,3)45-35(40)39-17-16-26(23-12-14-25(15-13-23)43-22-32-37-34(38-46-32)31-11-8-18-47-31)30(20-39)44-21-24-19-29(41-4)27-9-6-7-10-28(27)33(24)42-5/h6-15,18-19,26,30H,16-17,20-22H2,1-5H3. The Bertz CT molecular complexity index is 1800. The highest BCUT2D eigenvalue weighted by Crippen LogP contribution is 2.39. The van der Waals surface area contributed by atoms with E-state index in [0.717, 1.165) is 38.3 Å². The van der Waals surface area contributed by atoms with E-state index < -0.39 is 5.60 Å². The Kier molecular flexibility index (Phi) is 9.65. The molecule has 2 unspecified atom stereocenters. The predicted octanol–water partition coefficient (Wildman–Crippen LogP) is 7.86. The molecule has 3 aromatic carbocycles. The van der Waals surface area contributed by atoms with Gasteiger partial charge >= 0.3 is 6.09 Å². The van der Waals surface area contributed by atoms with Gasteiger partial charge < -0.3 is 33.1 Å². The van der Waals surface area contributed by atoms with E-state index in [1.807, 2.05) is 92.9 Å². The first-order chi connectivity index (χ1) is 22.7. The fourth-order valence-corrected chi connectivity index (χ4v) is 6.47. The van der Waals surface area contributed by atoms with Crippen LogP contribution >= 0.6 is 11.3 Å². The van der Waals surface area contributed by atoms with E-state index in [2.05, 4.69) is 10.1 Å². The average molecular weight is 658 g/mol. The summed E-state index contributed by atoms with van der Waals surface area (Å²) in [7, 11) is 3.32. The highest BCUT2D eigenvalue weighted by atomic mass is 32.1. The number of amides is 1. The Morgan fingerprint density at radius 3 is 2.49 bits per heavy atom. The minimum atomic E-state index is -0.595. The van der Waals surface area contributed by atoms with Crippen molar-refractivity contribution in [1.29, 1.82) is 0 Å². The van der Waals surface area contributed by atoms with Crippen LogP contribution in [0.3, 0.4) is 0 Å². The van der Waals surface area contributed by atoms with Crippen LogP contribution in [0.5, 0.6) is 17.2 Å². The quantitative estimate of drug-likeness (QED) is 0.148. The topological polar surface area (TPSA) is 105 Å². The van der Waals surface area contributed by atoms with E-state index in [1.165, 1.54) is 0 Å². The van der Waals surface area contributed by atoms with Crippen molar-refractivity contribution in [3.8, 4) is 28.0 Å². The molecule has 0 aliphatic carbocycles. The van der Waals surface area contributed by atoms with E-state index in [0.29, 0.717) is 37.0 Å². The van der Waals surface area contributed by atoms with Crippen molar-refractivity contribution in [2.24, 2.45) is 0 Å². The molecule has 0 spiro atoms. The zero-order valence-corrected chi connectivity index (χ0v) is 28.0.